The summed E-state index contributed by atoms with van der Waals surface area (Å²) in [4.78, 5) is 51.0. The predicted molar refractivity (Wildman–Crippen MR) is 156 cm³/mol. The van der Waals surface area contributed by atoms with Crippen molar-refractivity contribution >= 4 is 22.4 Å². The Balaban J connectivity index is 1.80. The quantitative estimate of drug-likeness (QED) is 0.223. The van der Waals surface area contributed by atoms with Crippen molar-refractivity contribution in [1.82, 2.24) is 9.13 Å². The van der Waals surface area contributed by atoms with Crippen LogP contribution in [0.5, 0.6) is 0 Å². The fourth-order valence-corrected chi connectivity index (χ4v) is 5.01. The fraction of sp³-hybridized carbons (Fsp3) is 0.586. The highest BCUT2D eigenvalue weighted by molar-refractivity contribution is 7.86. The van der Waals surface area contributed by atoms with Crippen molar-refractivity contribution in [3.05, 3.63) is 62.4 Å². The Labute approximate surface area is 255 Å². The highest BCUT2D eigenvalue weighted by Gasteiger charge is 2.39. The van der Waals surface area contributed by atoms with E-state index in [0.717, 1.165) is 10.1 Å². The third-order valence-electron chi connectivity index (χ3n) is 6.07. The Bertz CT molecular complexity index is 1560. The van der Waals surface area contributed by atoms with Gasteiger partial charge in [-0.25, -0.2) is 14.4 Å². The first-order valence-corrected chi connectivity index (χ1v) is 15.4. The molecule has 0 aliphatic carbocycles. The average Bonchev–Trinajstić information content (AvgIpc) is 3.28. The van der Waals surface area contributed by atoms with Gasteiger partial charge in [-0.3, -0.25) is 13.5 Å². The molecule has 0 unspecified atom stereocenters. The highest BCUT2D eigenvalue weighted by atomic mass is 32.2. The molecule has 1 aromatic carbocycles. The largest absolute Gasteiger partial charge is 0.508 e. The number of carbonyl (C=O) groups excluding carboxylic acids is 2. The van der Waals surface area contributed by atoms with Crippen LogP contribution in [0.1, 0.15) is 65.3 Å². The molecule has 3 atom stereocenters. The first-order valence-electron chi connectivity index (χ1n) is 13.9. The van der Waals surface area contributed by atoms with Crippen LogP contribution >= 0.6 is 0 Å². The predicted octanol–water partition coefficient (Wildman–Crippen LogP) is 3.44. The SMILES string of the molecule is Cc1ccc(S(=O)(=O)OCCO[C@H]2C[C@H](n3cc(C)c(=O)n(C(=O)OC(C)(C)C)c3=O)O[C@@H]2COC(=O)OC(C)(C)C)cc1. The molecular weight excluding hydrogens is 600 g/mol. The van der Waals surface area contributed by atoms with E-state index in [1.165, 1.54) is 25.3 Å². The topological polar surface area (TPSA) is 168 Å². The van der Waals surface area contributed by atoms with Crippen LogP contribution in [0.25, 0.3) is 0 Å². The maximum atomic E-state index is 13.3. The minimum absolute atomic E-state index is 0.00847. The summed E-state index contributed by atoms with van der Waals surface area (Å²) in [6.07, 6.45) is -3.64. The molecule has 44 heavy (non-hydrogen) atoms. The summed E-state index contributed by atoms with van der Waals surface area (Å²) in [5.41, 5.74) is -2.67. The van der Waals surface area contributed by atoms with Crippen LogP contribution in [0, 0.1) is 13.8 Å². The standard InChI is InChI=1S/C29H40N2O12S/c1-18-9-11-20(12-10-18)44(36,37)40-14-13-38-21-15-23(41-22(21)17-39-27(35)43-29(6,7)8)30-16-19(2)24(32)31(25(30)33)26(34)42-28(3,4)5/h9-12,16,21-23H,13-15,17H2,1-8H3/t21-,22+,23+/m0/s1. The van der Waals surface area contributed by atoms with E-state index in [0.29, 0.717) is 4.57 Å². The maximum Gasteiger partial charge on any atom is 0.508 e. The molecule has 0 saturated carbocycles. The van der Waals surface area contributed by atoms with Gasteiger partial charge in [-0.15, -0.1) is 0 Å². The van der Waals surface area contributed by atoms with E-state index in [1.807, 2.05) is 6.92 Å². The average molecular weight is 641 g/mol. The summed E-state index contributed by atoms with van der Waals surface area (Å²) in [6, 6.07) is 6.16. The zero-order valence-corrected chi connectivity index (χ0v) is 27.0. The van der Waals surface area contributed by atoms with E-state index in [4.69, 9.17) is 27.9 Å². The highest BCUT2D eigenvalue weighted by Crippen LogP contribution is 2.30. The molecule has 0 spiro atoms. The number of nitrogens with zero attached hydrogens (tertiary/aromatic N) is 2. The summed E-state index contributed by atoms with van der Waals surface area (Å²) in [5, 5.41) is 0. The van der Waals surface area contributed by atoms with Crippen molar-refractivity contribution in [2.24, 2.45) is 0 Å². The molecule has 2 aromatic rings. The van der Waals surface area contributed by atoms with E-state index in [9.17, 15) is 27.6 Å². The van der Waals surface area contributed by atoms with Crippen molar-refractivity contribution in [2.75, 3.05) is 19.8 Å². The fourth-order valence-electron chi connectivity index (χ4n) is 4.12. The van der Waals surface area contributed by atoms with Gasteiger partial charge in [-0.05, 0) is 67.5 Å². The number of carbonyl (C=O) groups is 2. The second kappa shape index (κ2) is 13.6. The summed E-state index contributed by atoms with van der Waals surface area (Å²) >= 11 is 0. The summed E-state index contributed by atoms with van der Waals surface area (Å²) in [6.45, 7) is 12.2. The van der Waals surface area contributed by atoms with Crippen LogP contribution in [0.4, 0.5) is 9.59 Å². The Morgan fingerprint density at radius 1 is 0.955 bits per heavy atom. The molecule has 3 rings (SSSR count). The zero-order valence-electron chi connectivity index (χ0n) is 26.1. The monoisotopic (exact) mass is 640 g/mol. The lowest BCUT2D eigenvalue weighted by molar-refractivity contribution is -0.0823. The van der Waals surface area contributed by atoms with E-state index in [2.05, 4.69) is 0 Å². The van der Waals surface area contributed by atoms with E-state index in [1.54, 1.807) is 53.7 Å². The first kappa shape index (κ1) is 35.0. The van der Waals surface area contributed by atoms with Crippen LogP contribution in [0.2, 0.25) is 0 Å². The summed E-state index contributed by atoms with van der Waals surface area (Å²) in [7, 11) is -4.04. The molecule has 244 valence electrons. The normalized spacial score (nSPS) is 19.0. The van der Waals surface area contributed by atoms with Crippen molar-refractivity contribution in [1.29, 1.82) is 0 Å². The van der Waals surface area contributed by atoms with E-state index in [-0.39, 0.29) is 36.7 Å². The number of aryl methyl sites for hydroxylation is 2. The third kappa shape index (κ3) is 9.48. The van der Waals surface area contributed by atoms with Gasteiger partial charge in [-0.2, -0.15) is 13.0 Å². The molecule has 14 nitrogen and oxygen atoms in total. The lowest BCUT2D eigenvalue weighted by atomic mass is 10.2. The van der Waals surface area contributed by atoms with Crippen LogP contribution in [-0.4, -0.2) is 73.0 Å². The van der Waals surface area contributed by atoms with Gasteiger partial charge in [-0.1, -0.05) is 17.7 Å². The lowest BCUT2D eigenvalue weighted by Crippen LogP contribution is -2.47. The van der Waals surface area contributed by atoms with E-state index >= 15 is 0 Å². The minimum atomic E-state index is -4.04. The zero-order chi connectivity index (χ0) is 33.0. The molecule has 0 N–H and O–H groups in total. The Morgan fingerprint density at radius 2 is 1.57 bits per heavy atom. The Hall–Kier alpha value is -3.53. The molecular formula is C29H40N2O12S. The molecule has 15 heteroatoms. The minimum Gasteiger partial charge on any atom is -0.443 e. The molecule has 0 bridgehead atoms. The molecule has 1 aromatic heterocycles. The van der Waals surface area contributed by atoms with Gasteiger partial charge < -0.3 is 23.7 Å². The molecule has 1 aliphatic rings. The van der Waals surface area contributed by atoms with Crippen LogP contribution in [0.3, 0.4) is 0 Å². The lowest BCUT2D eigenvalue weighted by Gasteiger charge is -2.22. The molecule has 1 fully saturated rings. The first-order chi connectivity index (χ1) is 20.3. The van der Waals surface area contributed by atoms with Gasteiger partial charge in [0.15, 0.2) is 0 Å². The van der Waals surface area contributed by atoms with Gasteiger partial charge in [0.25, 0.3) is 15.7 Å². The number of rotatable bonds is 9. The van der Waals surface area contributed by atoms with Crippen LogP contribution < -0.4 is 11.2 Å². The molecule has 1 saturated heterocycles. The molecule has 0 radical (unpaired) electrons. The number of ether oxygens (including phenoxy) is 5. The van der Waals surface area contributed by atoms with Gasteiger partial charge in [0.2, 0.25) is 0 Å². The van der Waals surface area contributed by atoms with E-state index < -0.39 is 63.3 Å². The smallest absolute Gasteiger partial charge is 0.443 e. The maximum absolute atomic E-state index is 13.3. The summed E-state index contributed by atoms with van der Waals surface area (Å²) in [5.74, 6) is 0. The second-order valence-electron chi connectivity index (χ2n) is 12.3. The van der Waals surface area contributed by atoms with Gasteiger partial charge in [0.05, 0.1) is 24.2 Å². The molecule has 2 heterocycles. The second-order valence-corrected chi connectivity index (χ2v) is 13.9. The van der Waals surface area contributed by atoms with Gasteiger partial charge in [0, 0.05) is 18.2 Å². The van der Waals surface area contributed by atoms with Crippen molar-refractivity contribution in [3.8, 4) is 0 Å². The number of hydrogen-bond acceptors (Lipinski definition) is 12. The number of aromatic nitrogens is 2. The third-order valence-corrected chi connectivity index (χ3v) is 7.40. The van der Waals surface area contributed by atoms with Crippen molar-refractivity contribution in [3.63, 3.8) is 0 Å². The van der Waals surface area contributed by atoms with Crippen molar-refractivity contribution < 1.29 is 45.9 Å². The van der Waals surface area contributed by atoms with Gasteiger partial charge >= 0.3 is 17.9 Å². The van der Waals surface area contributed by atoms with Crippen LogP contribution in [-0.2, 0) is 38.0 Å². The van der Waals surface area contributed by atoms with Crippen LogP contribution in [0.15, 0.2) is 44.9 Å². The number of hydrogen-bond donors (Lipinski definition) is 0. The molecule has 1 aliphatic heterocycles. The molecule has 0 amide bonds. The van der Waals surface area contributed by atoms with Gasteiger partial charge in [0.1, 0.15) is 30.1 Å². The number of benzene rings is 1. The Kier molecular flexibility index (Phi) is 10.8. The van der Waals surface area contributed by atoms with Crippen molar-refractivity contribution in [2.45, 2.75) is 96.3 Å². The summed E-state index contributed by atoms with van der Waals surface area (Å²) < 4.78 is 59.1. The Morgan fingerprint density at radius 3 is 2.16 bits per heavy atom.